The molecule has 3 rings (SSSR count). The number of hydrogen-bond acceptors (Lipinski definition) is 5. The summed E-state index contributed by atoms with van der Waals surface area (Å²) in [7, 11) is 0. The average molecular weight is 293 g/mol. The lowest BCUT2D eigenvalue weighted by Gasteiger charge is -2.48. The Kier molecular flexibility index (Phi) is 3.19. The van der Waals surface area contributed by atoms with Gasteiger partial charge in [0.2, 0.25) is 12.1 Å². The lowest BCUT2D eigenvalue weighted by atomic mass is 9.93. The standard InChI is InChI=1S/C12H12N4O3S/c13-9(15-4-2-14-3-5-15)8-10(17)16-7(12(18)19)1-6-20-11(8)16/h1-5,8-9,11H,6,13H2/p+1/t8?,9?,11-/m0/s1. The minimum atomic E-state index is -1.08. The van der Waals surface area contributed by atoms with Gasteiger partial charge in [-0.1, -0.05) is 0 Å². The van der Waals surface area contributed by atoms with Crippen molar-refractivity contribution in [3.8, 4) is 0 Å². The van der Waals surface area contributed by atoms with Crippen molar-refractivity contribution in [2.75, 3.05) is 5.75 Å². The van der Waals surface area contributed by atoms with Crippen molar-refractivity contribution in [2.24, 2.45) is 11.7 Å². The number of nitrogens with zero attached hydrogens (tertiary/aromatic N) is 3. The van der Waals surface area contributed by atoms with Crippen LogP contribution in [0, 0.1) is 5.92 Å². The number of carboxylic acids is 1. The van der Waals surface area contributed by atoms with Crippen LogP contribution in [0.1, 0.15) is 6.17 Å². The summed E-state index contributed by atoms with van der Waals surface area (Å²) in [6.45, 7) is 0. The number of nitrogens with two attached hydrogens (primary N) is 1. The Morgan fingerprint density at radius 2 is 2.25 bits per heavy atom. The highest BCUT2D eigenvalue weighted by atomic mass is 32.2. The molecule has 2 unspecified atom stereocenters. The SMILES string of the molecule is NC(C1C(=O)N2C(C(=O)O)=CCS[C@@H]12)[n+]1ccncc1. The summed E-state index contributed by atoms with van der Waals surface area (Å²) in [4.78, 5) is 28.6. The van der Waals surface area contributed by atoms with Gasteiger partial charge in [-0.3, -0.25) is 20.4 Å². The van der Waals surface area contributed by atoms with Crippen molar-refractivity contribution in [3.05, 3.63) is 36.6 Å². The van der Waals surface area contributed by atoms with Crippen molar-refractivity contribution in [2.45, 2.75) is 11.5 Å². The molecule has 7 nitrogen and oxygen atoms in total. The Hall–Kier alpha value is -1.93. The van der Waals surface area contributed by atoms with Gasteiger partial charge >= 0.3 is 5.97 Å². The first-order valence-corrected chi connectivity index (χ1v) is 7.10. The molecular formula is C12H13N4O3S+. The Morgan fingerprint density at radius 3 is 2.90 bits per heavy atom. The quantitative estimate of drug-likeness (QED) is 0.566. The molecule has 0 radical (unpaired) electrons. The zero-order chi connectivity index (χ0) is 14.3. The smallest absolute Gasteiger partial charge is 0.352 e. The van der Waals surface area contributed by atoms with Gasteiger partial charge < -0.3 is 5.11 Å². The van der Waals surface area contributed by atoms with Crippen LogP contribution in [0.2, 0.25) is 0 Å². The maximum absolute atomic E-state index is 12.2. The number of thioether (sulfide) groups is 1. The number of β-lactam (4-membered cyclic amide) rings is 1. The molecule has 0 spiro atoms. The molecule has 20 heavy (non-hydrogen) atoms. The molecule has 1 saturated heterocycles. The van der Waals surface area contributed by atoms with Crippen LogP contribution in [0.4, 0.5) is 0 Å². The van der Waals surface area contributed by atoms with Crippen LogP contribution in [0.3, 0.4) is 0 Å². The fourth-order valence-corrected chi connectivity index (χ4v) is 3.77. The van der Waals surface area contributed by atoms with Crippen LogP contribution in [0.25, 0.3) is 0 Å². The summed E-state index contributed by atoms with van der Waals surface area (Å²) in [6.07, 6.45) is 7.62. The summed E-state index contributed by atoms with van der Waals surface area (Å²) in [5.74, 6) is -1.17. The predicted molar refractivity (Wildman–Crippen MR) is 70.0 cm³/mol. The van der Waals surface area contributed by atoms with Crippen molar-refractivity contribution >= 4 is 23.6 Å². The molecule has 1 aromatic rings. The van der Waals surface area contributed by atoms with E-state index in [0.29, 0.717) is 5.75 Å². The van der Waals surface area contributed by atoms with E-state index in [4.69, 9.17) is 10.8 Å². The Balaban J connectivity index is 1.84. The molecule has 0 aromatic carbocycles. The first-order valence-electron chi connectivity index (χ1n) is 6.05. The van der Waals surface area contributed by atoms with E-state index >= 15 is 0 Å². The molecule has 0 bridgehead atoms. The summed E-state index contributed by atoms with van der Waals surface area (Å²) in [5.41, 5.74) is 6.18. The zero-order valence-electron chi connectivity index (χ0n) is 10.4. The molecule has 3 N–H and O–H groups in total. The third-order valence-corrected chi connectivity index (χ3v) is 4.67. The van der Waals surface area contributed by atoms with Crippen LogP contribution in [-0.2, 0) is 9.59 Å². The second-order valence-corrected chi connectivity index (χ2v) is 5.69. The number of aromatic nitrogens is 2. The fourth-order valence-electron chi connectivity index (χ4n) is 2.46. The van der Waals surface area contributed by atoms with Gasteiger partial charge in [0.05, 0.1) is 12.4 Å². The van der Waals surface area contributed by atoms with Crippen LogP contribution in [-0.4, -0.2) is 38.0 Å². The normalized spacial score (nSPS) is 26.4. The molecule has 2 aliphatic rings. The highest BCUT2D eigenvalue weighted by molar-refractivity contribution is 8.00. The number of aliphatic carboxylic acids is 1. The largest absolute Gasteiger partial charge is 0.477 e. The van der Waals surface area contributed by atoms with Crippen molar-refractivity contribution in [3.63, 3.8) is 0 Å². The monoisotopic (exact) mass is 293 g/mol. The fraction of sp³-hybridized carbons (Fsp3) is 0.333. The average Bonchev–Trinajstić information content (AvgIpc) is 2.46. The number of carboxylic acid groups (broad SMARTS) is 1. The summed E-state index contributed by atoms with van der Waals surface area (Å²) in [6, 6.07) is 0. The van der Waals surface area contributed by atoms with Gasteiger partial charge in [0.15, 0.2) is 12.4 Å². The molecule has 0 saturated carbocycles. The number of fused-ring (bicyclic) bond motifs is 1. The molecule has 3 atom stereocenters. The summed E-state index contributed by atoms with van der Waals surface area (Å²) >= 11 is 1.53. The lowest BCUT2D eigenvalue weighted by molar-refractivity contribution is -0.729. The van der Waals surface area contributed by atoms with E-state index in [9.17, 15) is 9.59 Å². The molecule has 1 amide bonds. The first kappa shape index (κ1) is 13.1. The van der Waals surface area contributed by atoms with Gasteiger partial charge in [0.1, 0.15) is 17.0 Å². The Bertz CT molecular complexity index is 592. The molecule has 0 aliphatic carbocycles. The third kappa shape index (κ3) is 1.88. The molecule has 104 valence electrons. The van der Waals surface area contributed by atoms with E-state index in [1.165, 1.54) is 16.7 Å². The highest BCUT2D eigenvalue weighted by Crippen LogP contribution is 2.43. The molecule has 2 aliphatic heterocycles. The summed E-state index contributed by atoms with van der Waals surface area (Å²) < 4.78 is 1.71. The zero-order valence-corrected chi connectivity index (χ0v) is 11.2. The van der Waals surface area contributed by atoms with Crippen LogP contribution < -0.4 is 10.3 Å². The van der Waals surface area contributed by atoms with Gasteiger partial charge in [0, 0.05) is 5.75 Å². The van der Waals surface area contributed by atoms with Crippen LogP contribution in [0.15, 0.2) is 36.6 Å². The van der Waals surface area contributed by atoms with Gasteiger partial charge in [-0.05, 0) is 6.08 Å². The Morgan fingerprint density at radius 1 is 1.55 bits per heavy atom. The van der Waals surface area contributed by atoms with Crippen molar-refractivity contribution in [1.82, 2.24) is 9.88 Å². The van der Waals surface area contributed by atoms with Crippen LogP contribution >= 0.6 is 11.8 Å². The number of carbonyl (C=O) groups is 2. The Labute approximate surface area is 119 Å². The molecule has 1 aromatic heterocycles. The maximum Gasteiger partial charge on any atom is 0.352 e. The minimum Gasteiger partial charge on any atom is -0.477 e. The molecular weight excluding hydrogens is 280 g/mol. The van der Waals surface area contributed by atoms with Crippen LogP contribution in [0.5, 0.6) is 0 Å². The van der Waals surface area contributed by atoms with E-state index in [-0.39, 0.29) is 17.0 Å². The molecule has 1 fully saturated rings. The lowest BCUT2D eigenvalue weighted by Crippen LogP contribution is -2.68. The second kappa shape index (κ2) is 4.88. The van der Waals surface area contributed by atoms with Gasteiger partial charge in [-0.2, -0.15) is 4.57 Å². The summed E-state index contributed by atoms with van der Waals surface area (Å²) in [5, 5.41) is 8.89. The number of hydrogen-bond donors (Lipinski definition) is 2. The van der Waals surface area contributed by atoms with E-state index < -0.39 is 18.1 Å². The highest BCUT2D eigenvalue weighted by Gasteiger charge is 2.57. The third-order valence-electron chi connectivity index (χ3n) is 3.47. The predicted octanol–water partition coefficient (Wildman–Crippen LogP) is -0.674. The van der Waals surface area contributed by atoms with Gasteiger partial charge in [-0.25, -0.2) is 4.79 Å². The van der Waals surface area contributed by atoms with Crippen molar-refractivity contribution in [1.29, 1.82) is 0 Å². The van der Waals surface area contributed by atoms with E-state index in [1.54, 1.807) is 35.4 Å². The minimum absolute atomic E-state index is 0.0573. The second-order valence-electron chi connectivity index (χ2n) is 4.54. The van der Waals surface area contributed by atoms with Gasteiger partial charge in [-0.15, -0.1) is 11.8 Å². The topological polar surface area (TPSA) is 100 Å². The number of amides is 1. The number of carbonyl (C=O) groups excluding carboxylic acids is 1. The molecule has 8 heteroatoms. The van der Waals surface area contributed by atoms with E-state index in [0.717, 1.165) is 0 Å². The molecule has 3 heterocycles. The first-order chi connectivity index (χ1) is 9.61. The van der Waals surface area contributed by atoms with E-state index in [1.807, 2.05) is 0 Å². The van der Waals surface area contributed by atoms with Crippen molar-refractivity contribution < 1.29 is 19.3 Å². The van der Waals surface area contributed by atoms with E-state index in [2.05, 4.69) is 4.98 Å². The number of rotatable bonds is 3. The van der Waals surface area contributed by atoms with Gasteiger partial charge in [0.25, 0.3) is 0 Å². The maximum atomic E-state index is 12.2.